The van der Waals surface area contributed by atoms with Gasteiger partial charge >= 0.3 is 53.7 Å². The fourth-order valence-electron chi connectivity index (χ4n) is 14.4. The molecule has 0 aromatic carbocycles. The molecule has 1 saturated heterocycles. The van der Waals surface area contributed by atoms with Gasteiger partial charge in [0.15, 0.2) is 6.10 Å². The Kier molecular flexibility index (Phi) is 68.3. The van der Waals surface area contributed by atoms with Crippen molar-refractivity contribution >= 4 is 53.7 Å². The molecule has 0 radical (unpaired) electrons. The maximum Gasteiger partial charge on any atom is 0.317 e. The highest BCUT2D eigenvalue weighted by Gasteiger charge is 2.37. The highest BCUT2D eigenvalue weighted by molar-refractivity contribution is 5.95. The minimum Gasteiger partial charge on any atom is -0.481 e. The van der Waals surface area contributed by atoms with Crippen molar-refractivity contribution in [1.82, 2.24) is 0 Å². The van der Waals surface area contributed by atoms with Crippen molar-refractivity contribution < 1.29 is 92.0 Å². The van der Waals surface area contributed by atoms with E-state index in [1.54, 1.807) is 0 Å². The normalized spacial score (nSPS) is 15.5. The van der Waals surface area contributed by atoms with Crippen LogP contribution in [-0.4, -0.2) is 119 Å². The summed E-state index contributed by atoms with van der Waals surface area (Å²) in [5.41, 5.74) is 0. The van der Waals surface area contributed by atoms with Crippen LogP contribution in [-0.2, 0) is 71.6 Å². The summed E-state index contributed by atoms with van der Waals surface area (Å²) >= 11 is 0. The number of carbonyl (C=O) groups excluding carboxylic acids is 7. The summed E-state index contributed by atoms with van der Waals surface area (Å²) in [6.07, 6.45) is 68.0. The van der Waals surface area contributed by atoms with Crippen molar-refractivity contribution in [3.05, 3.63) is 72.9 Å². The first-order valence-corrected chi connectivity index (χ1v) is 44.7. The van der Waals surface area contributed by atoms with Crippen molar-refractivity contribution in [3.8, 4) is 0 Å². The number of cyclic esters (lactones) is 2. The number of allylic oxidation sites excluding steroid dienone is 12. The largest absolute Gasteiger partial charge is 0.481 e. The van der Waals surface area contributed by atoms with Gasteiger partial charge in [-0.15, -0.1) is 0 Å². The molecule has 1 aliphatic heterocycles. The molecule has 1 heterocycles. The van der Waals surface area contributed by atoms with Crippen molar-refractivity contribution in [2.45, 2.75) is 387 Å². The first-order valence-electron chi connectivity index (χ1n) is 44.7. The summed E-state index contributed by atoms with van der Waals surface area (Å²) in [6, 6.07) is 0. The molecule has 8 unspecified atom stereocenters. The lowest BCUT2D eigenvalue weighted by atomic mass is 9.82. The Hall–Kier alpha value is -6.21. The highest BCUT2D eigenvalue weighted by atomic mass is 16.6. The number of unbranched alkanes of at least 4 members (excludes halogenated alkanes) is 33. The molecule has 4 N–H and O–H groups in total. The van der Waals surface area contributed by atoms with Gasteiger partial charge in [-0.2, -0.15) is 0 Å². The second-order valence-corrected chi connectivity index (χ2v) is 31.5. The monoisotopic (exact) mass is 1580 g/mol. The van der Waals surface area contributed by atoms with Crippen LogP contribution >= 0.6 is 0 Å². The number of hydrogen-bond donors (Lipinski definition) is 4. The average molecular weight is 1580 g/mol. The second-order valence-electron chi connectivity index (χ2n) is 31.5. The quantitative estimate of drug-likeness (QED) is 0.0110. The number of hydrogen-bond acceptors (Lipinski definition) is 17. The number of esters is 7. The Balaban J connectivity index is 2.85. The summed E-state index contributed by atoms with van der Waals surface area (Å²) < 4.78 is 33.0. The predicted molar refractivity (Wildman–Crippen MR) is 446 cm³/mol. The Morgan fingerprint density at radius 3 is 1.39 bits per heavy atom. The molecule has 0 aromatic heterocycles. The molecular formula is C93H156O19. The van der Waals surface area contributed by atoms with Gasteiger partial charge in [0.05, 0.1) is 37.9 Å². The third kappa shape index (κ3) is 60.4. The van der Waals surface area contributed by atoms with Gasteiger partial charge in [0.25, 0.3) is 0 Å². The molecule has 0 amide bonds. The summed E-state index contributed by atoms with van der Waals surface area (Å²) in [5.74, 6) is -7.16. The van der Waals surface area contributed by atoms with Gasteiger partial charge in [0, 0.05) is 32.1 Å². The lowest BCUT2D eigenvalue weighted by Crippen LogP contribution is -2.31. The zero-order chi connectivity index (χ0) is 82.1. The molecule has 0 bridgehead atoms. The van der Waals surface area contributed by atoms with Gasteiger partial charge in [-0.1, -0.05) is 307 Å². The van der Waals surface area contributed by atoms with Crippen LogP contribution in [0.25, 0.3) is 0 Å². The van der Waals surface area contributed by atoms with E-state index in [9.17, 15) is 63.6 Å². The van der Waals surface area contributed by atoms with Crippen LogP contribution in [0.4, 0.5) is 0 Å². The molecule has 19 nitrogen and oxygen atoms in total. The van der Waals surface area contributed by atoms with E-state index in [2.05, 4.69) is 52.0 Å². The third-order valence-electron chi connectivity index (χ3n) is 21.3. The fourth-order valence-corrected chi connectivity index (χ4v) is 14.4. The minimum absolute atomic E-state index is 0.0349. The molecule has 0 saturated carbocycles. The summed E-state index contributed by atoms with van der Waals surface area (Å²) in [4.78, 5) is 114. The zero-order valence-corrected chi connectivity index (χ0v) is 70.5. The molecule has 112 heavy (non-hydrogen) atoms. The molecule has 1 fully saturated rings. The Morgan fingerprint density at radius 1 is 0.429 bits per heavy atom. The van der Waals surface area contributed by atoms with Crippen LogP contribution in [0.2, 0.25) is 0 Å². The van der Waals surface area contributed by atoms with Crippen LogP contribution in [0, 0.1) is 41.4 Å². The number of aliphatic hydroxyl groups is 2. The number of carboxylic acid groups (broad SMARTS) is 2. The van der Waals surface area contributed by atoms with E-state index in [4.69, 9.17) is 28.4 Å². The van der Waals surface area contributed by atoms with E-state index in [1.165, 1.54) is 77.0 Å². The van der Waals surface area contributed by atoms with Crippen LogP contribution in [0.5, 0.6) is 0 Å². The van der Waals surface area contributed by atoms with E-state index in [1.807, 2.05) is 55.5 Å². The molecule has 642 valence electrons. The highest BCUT2D eigenvalue weighted by Crippen LogP contribution is 2.32. The van der Waals surface area contributed by atoms with Gasteiger partial charge in [0.2, 0.25) is 0 Å². The summed E-state index contributed by atoms with van der Waals surface area (Å²) in [5, 5.41) is 38.8. The first-order chi connectivity index (χ1) is 54.4. The SMILES string of the molecule is CCCCCCCCCCC(CCCCCCCC)COC(=O)CC(CC(=O)O)C(/C=C/C=C\CCCCCCCC(=O)OC[C@@H](COC(=O)CCCCCCC/C=C\C/C=C\C=C\C(CC)C1CC(=O)OC1=O)OC(=O)CCCCCC/C=C/C(CCCCCCCC)C(CC(=O)O)C(=O)OCC(O)CO)CCCCC. The van der Waals surface area contributed by atoms with Crippen molar-refractivity contribution in [3.63, 3.8) is 0 Å². The molecule has 19 heteroatoms. The molecule has 0 spiro atoms. The molecule has 9 atom stereocenters. The molecular weight excluding hydrogens is 1420 g/mol. The van der Waals surface area contributed by atoms with E-state index in [0.717, 1.165) is 186 Å². The summed E-state index contributed by atoms with van der Waals surface area (Å²) in [7, 11) is 0. The van der Waals surface area contributed by atoms with E-state index >= 15 is 0 Å². The average Bonchev–Trinajstić information content (AvgIpc) is 1.70. The number of carboxylic acids is 2. The topological polar surface area (TPSA) is 290 Å². The molecule has 1 aliphatic rings. The van der Waals surface area contributed by atoms with Gasteiger partial charge in [-0.25, -0.2) is 0 Å². The van der Waals surface area contributed by atoms with Gasteiger partial charge in [-0.3, -0.25) is 43.2 Å². The molecule has 0 aliphatic carbocycles. The number of aliphatic carboxylic acids is 2. The van der Waals surface area contributed by atoms with E-state index < -0.39 is 91.4 Å². The smallest absolute Gasteiger partial charge is 0.317 e. The Bertz CT molecular complexity index is 2620. The third-order valence-corrected chi connectivity index (χ3v) is 21.3. The zero-order valence-electron chi connectivity index (χ0n) is 70.5. The number of aliphatic hydroxyl groups excluding tert-OH is 2. The lowest BCUT2D eigenvalue weighted by Gasteiger charge is -2.24. The first kappa shape index (κ1) is 104. The second kappa shape index (κ2) is 73.7. The number of carbonyl (C=O) groups is 9. The minimum atomic E-state index is -1.26. The van der Waals surface area contributed by atoms with Gasteiger partial charge in [-0.05, 0) is 126 Å². The van der Waals surface area contributed by atoms with Gasteiger partial charge in [0.1, 0.15) is 25.9 Å². The van der Waals surface area contributed by atoms with Crippen LogP contribution in [0.1, 0.15) is 375 Å². The lowest BCUT2D eigenvalue weighted by molar-refractivity contribution is -0.167. The van der Waals surface area contributed by atoms with Crippen LogP contribution < -0.4 is 0 Å². The van der Waals surface area contributed by atoms with Crippen molar-refractivity contribution in [2.75, 3.05) is 33.0 Å². The fraction of sp³-hybridized carbons (Fsp3) is 0.774. The summed E-state index contributed by atoms with van der Waals surface area (Å²) in [6.45, 7) is 9.66. The van der Waals surface area contributed by atoms with Crippen molar-refractivity contribution in [2.24, 2.45) is 41.4 Å². The van der Waals surface area contributed by atoms with E-state index in [-0.39, 0.29) is 81.4 Å². The Labute approximate surface area is 676 Å². The van der Waals surface area contributed by atoms with Crippen LogP contribution in [0.3, 0.4) is 0 Å². The van der Waals surface area contributed by atoms with Crippen LogP contribution in [0.15, 0.2) is 72.9 Å². The number of ether oxygens (including phenoxy) is 6. The number of rotatable bonds is 78. The molecule has 1 rings (SSSR count). The standard InChI is InChI=1S/C93H156O19/c1-6-11-15-18-21-31-39-49-58-76(57-48-38-19-16-12-7-2)72-107-90(103)68-80(67-85(96)97)78(60-47-14-9-4)61-51-42-33-28-26-30-35-45-55-65-88(101)109-75-82(74-108-87(100)64-54-44-34-29-25-23-22-24-27-32-41-50-59-77(10-5)84-70-91(104)112-93(84)106)111-89(102)66-56-46-37-36-43-53-63-79(62-52-40-20-17-13-8-3)83(69-86(98)99)92(105)110-73-81(95)71-94/h22,24,32-33,41-42,50-51,53,59,61,63,76-84,94-95H,6-21,23,25-31,34-40,43-49,52,54-58,60,62,64-75H2,1-5H3,(H,96,97)(H,98,99)/b24-22-,41-32-,42-33-,59-50+,61-51+,63-53+/t76?,77?,78?,79?,80?,81?,82-,83?,84?/m1/s1. The Morgan fingerprint density at radius 2 is 0.875 bits per heavy atom. The predicted octanol–water partition coefficient (Wildman–Crippen LogP) is 22.1. The molecule has 0 aromatic rings. The maximum absolute atomic E-state index is 13.6. The maximum atomic E-state index is 13.6. The van der Waals surface area contributed by atoms with Gasteiger partial charge < -0.3 is 48.8 Å². The van der Waals surface area contributed by atoms with E-state index in [0.29, 0.717) is 44.6 Å². The van der Waals surface area contributed by atoms with Crippen molar-refractivity contribution in [1.29, 1.82) is 0 Å².